The van der Waals surface area contributed by atoms with Crippen molar-refractivity contribution < 1.29 is 18.6 Å². The van der Waals surface area contributed by atoms with E-state index in [1.807, 2.05) is 0 Å². The molecule has 2 N–H and O–H groups in total. The van der Waals surface area contributed by atoms with E-state index in [1.165, 1.54) is 0 Å². The number of aliphatic imine (C=N–C) groups is 1. The molecule has 2 aliphatic rings. The van der Waals surface area contributed by atoms with Crippen molar-refractivity contribution in [2.45, 2.75) is 35.7 Å². The number of aliphatic hydroxyl groups excluding tert-OH is 1. The number of ether oxygens (including phenoxy) is 1. The number of amidine groups is 1. The summed E-state index contributed by atoms with van der Waals surface area (Å²) in [5, 5.41) is 11.4. The molecule has 0 radical (unpaired) electrons. The summed E-state index contributed by atoms with van der Waals surface area (Å²) in [7, 11) is 1.56. The Balaban J connectivity index is 2.05. The molecular weight excluding hydrogens is 226 g/mol. The summed E-state index contributed by atoms with van der Waals surface area (Å²) >= 11 is 0.972. The van der Waals surface area contributed by atoms with E-state index in [0.717, 1.165) is 11.8 Å². The summed E-state index contributed by atoms with van der Waals surface area (Å²) in [5.41, 5.74) is -0.369. The summed E-state index contributed by atoms with van der Waals surface area (Å²) < 4.78 is 30.3. The average Bonchev–Trinajstić information content (AvgIpc) is 2.58. The van der Waals surface area contributed by atoms with E-state index < -0.39 is 17.8 Å². The minimum atomic E-state index is -2.53. The molecule has 0 aliphatic carbocycles. The minimum Gasteiger partial charge on any atom is -0.449 e. The van der Waals surface area contributed by atoms with Gasteiger partial charge in [-0.25, -0.2) is 13.8 Å². The third-order valence-corrected chi connectivity index (χ3v) is 4.01. The van der Waals surface area contributed by atoms with E-state index in [-0.39, 0.29) is 17.9 Å². The molecular formula is C8H12F2N2O2S. The van der Waals surface area contributed by atoms with Crippen LogP contribution >= 0.6 is 11.8 Å². The molecule has 2 aliphatic heterocycles. The highest BCUT2D eigenvalue weighted by molar-refractivity contribution is 8.00. The van der Waals surface area contributed by atoms with Crippen LogP contribution in [0, 0.1) is 0 Å². The molecule has 4 atom stereocenters. The maximum atomic E-state index is 12.5. The Hall–Kier alpha value is -0.560. The smallest absolute Gasteiger partial charge is 0.285 e. The monoisotopic (exact) mass is 238 g/mol. The Labute approximate surface area is 90.1 Å². The number of alkyl halides is 2. The molecule has 2 heterocycles. The zero-order valence-electron chi connectivity index (χ0n) is 8.06. The number of nitrogens with zero attached hydrogens (tertiary/aromatic N) is 1. The van der Waals surface area contributed by atoms with Crippen LogP contribution < -0.4 is 5.32 Å². The van der Waals surface area contributed by atoms with Crippen LogP contribution in [0.3, 0.4) is 0 Å². The SMILES string of the molecule is CN=C1NC2CC(O)C(C(F)F)SC2O1. The Morgan fingerprint density at radius 3 is 3.00 bits per heavy atom. The first-order valence-electron chi connectivity index (χ1n) is 4.63. The van der Waals surface area contributed by atoms with Gasteiger partial charge in [0.1, 0.15) is 0 Å². The van der Waals surface area contributed by atoms with E-state index in [2.05, 4.69) is 10.3 Å². The van der Waals surface area contributed by atoms with Gasteiger partial charge in [0.15, 0.2) is 5.44 Å². The second-order valence-corrected chi connectivity index (χ2v) is 4.79. The fourth-order valence-corrected chi connectivity index (χ4v) is 2.97. The van der Waals surface area contributed by atoms with Gasteiger partial charge in [0.2, 0.25) is 0 Å². The number of hydrogen-bond donors (Lipinski definition) is 2. The molecule has 0 amide bonds. The molecule has 2 fully saturated rings. The van der Waals surface area contributed by atoms with Crippen molar-refractivity contribution in [1.82, 2.24) is 5.32 Å². The average molecular weight is 238 g/mol. The summed E-state index contributed by atoms with van der Waals surface area (Å²) in [5.74, 6) is 0. The first kappa shape index (κ1) is 10.9. The van der Waals surface area contributed by atoms with Gasteiger partial charge >= 0.3 is 0 Å². The number of fused-ring (bicyclic) bond motifs is 1. The van der Waals surface area contributed by atoms with Crippen molar-refractivity contribution in [2.24, 2.45) is 4.99 Å². The molecule has 0 saturated carbocycles. The van der Waals surface area contributed by atoms with Crippen molar-refractivity contribution in [1.29, 1.82) is 0 Å². The lowest BCUT2D eigenvalue weighted by atomic mass is 10.1. The van der Waals surface area contributed by atoms with E-state index in [1.54, 1.807) is 7.05 Å². The van der Waals surface area contributed by atoms with Crippen LogP contribution in [0.5, 0.6) is 0 Å². The molecule has 0 spiro atoms. The first-order chi connectivity index (χ1) is 7.11. The highest BCUT2D eigenvalue weighted by Gasteiger charge is 2.46. The van der Waals surface area contributed by atoms with Crippen LogP contribution in [-0.4, -0.2) is 47.4 Å². The van der Waals surface area contributed by atoms with Crippen LogP contribution in [0.2, 0.25) is 0 Å². The number of halogens is 2. The normalized spacial score (nSPS) is 42.6. The fourth-order valence-electron chi connectivity index (χ4n) is 1.73. The Kier molecular flexibility index (Phi) is 3.01. The van der Waals surface area contributed by atoms with Gasteiger partial charge in [0.25, 0.3) is 12.4 Å². The van der Waals surface area contributed by atoms with Crippen molar-refractivity contribution in [3.8, 4) is 0 Å². The van der Waals surface area contributed by atoms with Crippen LogP contribution in [0.25, 0.3) is 0 Å². The second kappa shape index (κ2) is 4.13. The van der Waals surface area contributed by atoms with Gasteiger partial charge in [0.05, 0.1) is 17.4 Å². The summed E-state index contributed by atoms with van der Waals surface area (Å²) in [4.78, 5) is 3.81. The van der Waals surface area contributed by atoms with E-state index in [0.29, 0.717) is 6.02 Å². The zero-order chi connectivity index (χ0) is 11.0. The number of thioether (sulfide) groups is 1. The van der Waals surface area contributed by atoms with Crippen molar-refractivity contribution >= 4 is 17.8 Å². The highest BCUT2D eigenvalue weighted by Crippen LogP contribution is 2.38. The van der Waals surface area contributed by atoms with Gasteiger partial charge in [-0.1, -0.05) is 0 Å². The molecule has 0 aromatic carbocycles. The summed E-state index contributed by atoms with van der Waals surface area (Å²) in [6.07, 6.45) is -3.26. The van der Waals surface area contributed by atoms with Crippen LogP contribution in [0.15, 0.2) is 4.99 Å². The molecule has 0 aromatic rings. The van der Waals surface area contributed by atoms with Crippen LogP contribution in [0.1, 0.15) is 6.42 Å². The van der Waals surface area contributed by atoms with Crippen molar-refractivity contribution in [3.05, 3.63) is 0 Å². The Morgan fingerprint density at radius 2 is 2.40 bits per heavy atom. The number of hydrogen-bond acceptors (Lipinski definition) is 4. The molecule has 86 valence electrons. The molecule has 15 heavy (non-hydrogen) atoms. The highest BCUT2D eigenvalue weighted by atomic mass is 32.2. The maximum absolute atomic E-state index is 12.5. The molecule has 0 bridgehead atoms. The van der Waals surface area contributed by atoms with Crippen molar-refractivity contribution in [3.63, 3.8) is 0 Å². The van der Waals surface area contributed by atoms with Gasteiger partial charge < -0.3 is 15.2 Å². The third-order valence-electron chi connectivity index (χ3n) is 2.48. The lowest BCUT2D eigenvalue weighted by molar-refractivity contribution is 0.0510. The fraction of sp³-hybridized carbons (Fsp3) is 0.875. The number of rotatable bonds is 1. The number of aliphatic hydroxyl groups is 1. The van der Waals surface area contributed by atoms with Gasteiger partial charge in [-0.05, 0) is 6.42 Å². The molecule has 0 aromatic heterocycles. The van der Waals surface area contributed by atoms with E-state index in [4.69, 9.17) is 4.74 Å². The summed E-state index contributed by atoms with van der Waals surface area (Å²) in [6.45, 7) is 0. The Morgan fingerprint density at radius 1 is 1.67 bits per heavy atom. The molecule has 4 nitrogen and oxygen atoms in total. The molecule has 4 unspecified atom stereocenters. The van der Waals surface area contributed by atoms with Gasteiger partial charge in [0, 0.05) is 7.05 Å². The van der Waals surface area contributed by atoms with Crippen LogP contribution in [0.4, 0.5) is 8.78 Å². The van der Waals surface area contributed by atoms with Gasteiger partial charge in [-0.3, -0.25) is 0 Å². The second-order valence-electron chi connectivity index (χ2n) is 3.50. The first-order valence-corrected chi connectivity index (χ1v) is 5.57. The quantitative estimate of drug-likeness (QED) is 0.695. The largest absolute Gasteiger partial charge is 0.449 e. The summed E-state index contributed by atoms with van der Waals surface area (Å²) in [6, 6.07) is 0.235. The van der Waals surface area contributed by atoms with E-state index in [9.17, 15) is 13.9 Å². The van der Waals surface area contributed by atoms with E-state index >= 15 is 0 Å². The van der Waals surface area contributed by atoms with Crippen LogP contribution in [-0.2, 0) is 4.74 Å². The minimum absolute atomic E-state index is 0.126. The zero-order valence-corrected chi connectivity index (χ0v) is 8.88. The standard InChI is InChI=1S/C8H12F2N2O2S/c1-11-8-12-3-2-4(13)5(6(9)10)15-7(3)14-8/h3-7,13H,2H2,1H3,(H,11,12). The Bertz CT molecular complexity index is 277. The molecule has 7 heteroatoms. The predicted octanol–water partition coefficient (Wildman–Crippen LogP) is 0.418. The maximum Gasteiger partial charge on any atom is 0.285 e. The van der Waals surface area contributed by atoms with Crippen molar-refractivity contribution in [2.75, 3.05) is 7.05 Å². The van der Waals surface area contributed by atoms with Gasteiger partial charge in [-0.2, -0.15) is 0 Å². The topological polar surface area (TPSA) is 53.9 Å². The van der Waals surface area contributed by atoms with Gasteiger partial charge in [-0.15, -0.1) is 11.8 Å². The predicted molar refractivity (Wildman–Crippen MR) is 53.2 cm³/mol. The molecule has 2 rings (SSSR count). The molecule has 2 saturated heterocycles. The number of nitrogens with one attached hydrogen (secondary N) is 1. The lowest BCUT2D eigenvalue weighted by Crippen LogP contribution is -2.45. The third kappa shape index (κ3) is 2.03. The lowest BCUT2D eigenvalue weighted by Gasteiger charge is -2.32.